The van der Waals surface area contributed by atoms with Gasteiger partial charge >= 0.3 is 0 Å². The monoisotopic (exact) mass is 195 g/mol. The van der Waals surface area contributed by atoms with Gasteiger partial charge in [0, 0.05) is 11.8 Å². The molecule has 0 amide bonds. The molecule has 0 radical (unpaired) electrons. The lowest BCUT2D eigenvalue weighted by Crippen LogP contribution is -2.13. The van der Waals surface area contributed by atoms with E-state index in [4.69, 9.17) is 10.5 Å². The number of nitrogen functional groups attached to an aromatic ring is 1. The molecule has 1 aliphatic rings. The van der Waals surface area contributed by atoms with Crippen LogP contribution >= 0.6 is 0 Å². The molecule has 1 aromatic carbocycles. The summed E-state index contributed by atoms with van der Waals surface area (Å²) in [6.07, 6.45) is 1.99. The number of aryl methyl sites for hydroxylation is 1. The van der Waals surface area contributed by atoms with Gasteiger partial charge in [-0.2, -0.15) is 0 Å². The van der Waals surface area contributed by atoms with Gasteiger partial charge in [-0.3, -0.25) is 0 Å². The van der Waals surface area contributed by atoms with Crippen LogP contribution in [0.2, 0.25) is 0 Å². The van der Waals surface area contributed by atoms with Gasteiger partial charge in [0.25, 0.3) is 0 Å². The van der Waals surface area contributed by atoms with Gasteiger partial charge in [-0.05, 0) is 38.3 Å². The fourth-order valence-electron chi connectivity index (χ4n) is 1.29. The predicted octanol–water partition coefficient (Wildman–Crippen LogP) is 2.65. The Kier molecular flexibility index (Phi) is 1.91. The molecule has 14 heavy (non-hydrogen) atoms. The average molecular weight is 195 g/mol. The Hall–Kier alpha value is -1.25. The van der Waals surface area contributed by atoms with Crippen molar-refractivity contribution in [3.05, 3.63) is 23.5 Å². The van der Waals surface area contributed by atoms with Gasteiger partial charge < -0.3 is 10.5 Å². The fourth-order valence-corrected chi connectivity index (χ4v) is 1.29. The minimum atomic E-state index is -0.374. The normalized spacial score (nSPS) is 17.9. The van der Waals surface area contributed by atoms with Gasteiger partial charge in [-0.1, -0.05) is 0 Å². The summed E-state index contributed by atoms with van der Waals surface area (Å²) in [5.41, 5.74) is 6.74. The SMILES string of the molecule is Cc1cc(OC2(C)CC2)c(F)cc1N. The van der Waals surface area contributed by atoms with Gasteiger partial charge in [-0.25, -0.2) is 4.39 Å². The predicted molar refractivity (Wildman–Crippen MR) is 53.8 cm³/mol. The number of ether oxygens (including phenoxy) is 1. The molecule has 0 aromatic heterocycles. The molecule has 0 atom stereocenters. The van der Waals surface area contributed by atoms with Gasteiger partial charge in [-0.15, -0.1) is 0 Å². The summed E-state index contributed by atoms with van der Waals surface area (Å²) in [5.74, 6) is -0.0575. The topological polar surface area (TPSA) is 35.2 Å². The van der Waals surface area contributed by atoms with Crippen molar-refractivity contribution in [1.29, 1.82) is 0 Å². The van der Waals surface area contributed by atoms with Crippen LogP contribution in [0.4, 0.5) is 10.1 Å². The summed E-state index contributed by atoms with van der Waals surface area (Å²) < 4.78 is 18.9. The van der Waals surface area contributed by atoms with E-state index in [1.807, 2.05) is 13.8 Å². The first-order chi connectivity index (χ1) is 6.50. The van der Waals surface area contributed by atoms with E-state index in [1.165, 1.54) is 6.07 Å². The zero-order valence-electron chi connectivity index (χ0n) is 8.43. The van der Waals surface area contributed by atoms with Gasteiger partial charge in [0.1, 0.15) is 5.60 Å². The number of benzene rings is 1. The van der Waals surface area contributed by atoms with Gasteiger partial charge in [0.15, 0.2) is 11.6 Å². The lowest BCUT2D eigenvalue weighted by atomic mass is 10.2. The number of hydrogen-bond donors (Lipinski definition) is 1. The highest BCUT2D eigenvalue weighted by molar-refractivity contribution is 5.50. The Bertz CT molecular complexity index is 372. The fraction of sp³-hybridized carbons (Fsp3) is 0.455. The van der Waals surface area contributed by atoms with Crippen molar-refractivity contribution >= 4 is 5.69 Å². The lowest BCUT2D eigenvalue weighted by molar-refractivity contribution is 0.191. The largest absolute Gasteiger partial charge is 0.484 e. The maximum atomic E-state index is 13.4. The van der Waals surface area contributed by atoms with Gasteiger partial charge in [0.2, 0.25) is 0 Å². The molecule has 2 nitrogen and oxygen atoms in total. The smallest absolute Gasteiger partial charge is 0.167 e. The second-order valence-corrected chi connectivity index (χ2v) is 4.19. The van der Waals surface area contributed by atoms with E-state index in [1.54, 1.807) is 6.07 Å². The van der Waals surface area contributed by atoms with Crippen molar-refractivity contribution in [3.63, 3.8) is 0 Å². The summed E-state index contributed by atoms with van der Waals surface area (Å²) in [6, 6.07) is 2.98. The molecule has 0 spiro atoms. The van der Waals surface area contributed by atoms with Crippen LogP contribution in [-0.2, 0) is 0 Å². The average Bonchev–Trinajstić information content (AvgIpc) is 2.80. The quantitative estimate of drug-likeness (QED) is 0.736. The van der Waals surface area contributed by atoms with Crippen LogP contribution in [0.1, 0.15) is 25.3 Å². The first kappa shape index (κ1) is 9.31. The highest BCUT2D eigenvalue weighted by Gasteiger charge is 2.40. The van der Waals surface area contributed by atoms with Crippen molar-refractivity contribution in [2.24, 2.45) is 0 Å². The molecule has 3 heteroatoms. The van der Waals surface area contributed by atoms with Crippen molar-refractivity contribution in [3.8, 4) is 5.75 Å². The van der Waals surface area contributed by atoms with Crippen LogP contribution in [0.15, 0.2) is 12.1 Å². The third-order valence-corrected chi connectivity index (χ3v) is 2.63. The lowest BCUT2D eigenvalue weighted by Gasteiger charge is -2.14. The summed E-state index contributed by atoms with van der Waals surface area (Å²) in [5, 5.41) is 0. The Labute approximate surface area is 82.9 Å². The number of rotatable bonds is 2. The first-order valence-electron chi connectivity index (χ1n) is 4.75. The van der Waals surface area contributed by atoms with E-state index >= 15 is 0 Å². The van der Waals surface area contributed by atoms with E-state index in [0.717, 1.165) is 18.4 Å². The molecular formula is C11H14FNO. The molecule has 0 heterocycles. The van der Waals surface area contributed by atoms with Crippen molar-refractivity contribution in [1.82, 2.24) is 0 Å². The van der Waals surface area contributed by atoms with E-state index in [9.17, 15) is 4.39 Å². The highest BCUT2D eigenvalue weighted by atomic mass is 19.1. The number of nitrogens with two attached hydrogens (primary N) is 1. The maximum Gasteiger partial charge on any atom is 0.167 e. The number of anilines is 1. The van der Waals surface area contributed by atoms with Crippen LogP contribution in [0.5, 0.6) is 5.75 Å². The molecule has 2 rings (SSSR count). The van der Waals surface area contributed by atoms with Crippen LogP contribution in [0.25, 0.3) is 0 Å². The van der Waals surface area contributed by atoms with Crippen LogP contribution in [0, 0.1) is 12.7 Å². The molecule has 1 aliphatic carbocycles. The van der Waals surface area contributed by atoms with E-state index in [0.29, 0.717) is 11.4 Å². The Balaban J connectivity index is 2.29. The Morgan fingerprint density at radius 1 is 1.43 bits per heavy atom. The summed E-state index contributed by atoms with van der Waals surface area (Å²) in [7, 11) is 0. The van der Waals surface area contributed by atoms with E-state index in [2.05, 4.69) is 0 Å². The first-order valence-corrected chi connectivity index (χ1v) is 4.75. The molecular weight excluding hydrogens is 181 g/mol. The molecule has 0 saturated heterocycles. The van der Waals surface area contributed by atoms with Gasteiger partial charge in [0.05, 0.1) is 0 Å². The summed E-state index contributed by atoms with van der Waals surface area (Å²) in [6.45, 7) is 3.83. The molecule has 0 aliphatic heterocycles. The Morgan fingerprint density at radius 3 is 2.64 bits per heavy atom. The molecule has 76 valence electrons. The Morgan fingerprint density at radius 2 is 2.07 bits per heavy atom. The molecule has 1 aromatic rings. The molecule has 2 N–H and O–H groups in total. The zero-order valence-corrected chi connectivity index (χ0v) is 8.43. The van der Waals surface area contributed by atoms with E-state index in [-0.39, 0.29) is 11.4 Å². The van der Waals surface area contributed by atoms with Crippen molar-refractivity contribution in [2.45, 2.75) is 32.3 Å². The van der Waals surface area contributed by atoms with Crippen molar-refractivity contribution in [2.75, 3.05) is 5.73 Å². The third-order valence-electron chi connectivity index (χ3n) is 2.63. The third kappa shape index (κ3) is 1.67. The van der Waals surface area contributed by atoms with Crippen LogP contribution < -0.4 is 10.5 Å². The van der Waals surface area contributed by atoms with E-state index < -0.39 is 0 Å². The summed E-state index contributed by atoms with van der Waals surface area (Å²) >= 11 is 0. The minimum absolute atomic E-state index is 0.149. The minimum Gasteiger partial charge on any atom is -0.484 e. The van der Waals surface area contributed by atoms with Crippen molar-refractivity contribution < 1.29 is 9.13 Å². The summed E-state index contributed by atoms with van der Waals surface area (Å²) in [4.78, 5) is 0. The second kappa shape index (κ2) is 2.87. The maximum absolute atomic E-state index is 13.4. The van der Waals surface area contributed by atoms with Crippen LogP contribution in [0.3, 0.4) is 0 Å². The molecule has 0 bridgehead atoms. The standard InChI is InChI=1S/C11H14FNO/c1-7-5-10(8(12)6-9(7)13)14-11(2)3-4-11/h5-6H,3-4,13H2,1-2H3. The molecule has 0 unspecified atom stereocenters. The second-order valence-electron chi connectivity index (χ2n) is 4.19. The highest BCUT2D eigenvalue weighted by Crippen LogP contribution is 2.40. The molecule has 1 fully saturated rings. The van der Waals surface area contributed by atoms with Crippen LogP contribution in [-0.4, -0.2) is 5.60 Å². The molecule has 1 saturated carbocycles. The zero-order chi connectivity index (χ0) is 10.3. The number of halogens is 1. The number of hydrogen-bond acceptors (Lipinski definition) is 2.